The number of unbranched alkanes of at least 4 members (excludes halogenated alkanes) is 1. The largest absolute Gasteiger partial charge is 0.469 e. The van der Waals surface area contributed by atoms with E-state index in [1.165, 1.54) is 7.11 Å². The van der Waals surface area contributed by atoms with Gasteiger partial charge in [0, 0.05) is 23.6 Å². The van der Waals surface area contributed by atoms with Crippen molar-refractivity contribution in [3.63, 3.8) is 0 Å². The predicted molar refractivity (Wildman–Crippen MR) is 70.6 cm³/mol. The number of anilines is 1. The number of hydrogen-bond acceptors (Lipinski definition) is 3. The van der Waals surface area contributed by atoms with E-state index in [0.717, 1.165) is 5.69 Å². The smallest absolute Gasteiger partial charge is 0.305 e. The van der Waals surface area contributed by atoms with E-state index < -0.39 is 0 Å². The third-order valence-electron chi connectivity index (χ3n) is 2.39. The van der Waals surface area contributed by atoms with Gasteiger partial charge >= 0.3 is 5.97 Å². The van der Waals surface area contributed by atoms with Gasteiger partial charge in [0.2, 0.25) is 5.91 Å². The molecule has 5 heteroatoms. The van der Waals surface area contributed by atoms with E-state index in [9.17, 15) is 9.59 Å². The number of esters is 1. The molecule has 0 aliphatic heterocycles. The molecule has 4 nitrogen and oxygen atoms in total. The molecule has 0 radical (unpaired) electrons. The highest BCUT2D eigenvalue weighted by Gasteiger charge is 2.04. The molecule has 1 aromatic rings. The highest BCUT2D eigenvalue weighted by molar-refractivity contribution is 6.30. The summed E-state index contributed by atoms with van der Waals surface area (Å²) >= 11 is 5.74. The van der Waals surface area contributed by atoms with Gasteiger partial charge in [-0.15, -0.1) is 0 Å². The molecule has 1 aromatic carbocycles. The fourth-order valence-electron chi connectivity index (χ4n) is 1.41. The van der Waals surface area contributed by atoms with Crippen molar-refractivity contribution in [2.24, 2.45) is 0 Å². The number of carbonyl (C=O) groups is 2. The number of benzene rings is 1. The van der Waals surface area contributed by atoms with Crippen molar-refractivity contribution >= 4 is 29.2 Å². The van der Waals surface area contributed by atoms with Gasteiger partial charge < -0.3 is 10.1 Å². The van der Waals surface area contributed by atoms with E-state index >= 15 is 0 Å². The molecule has 0 fully saturated rings. The molecular weight excluding hydrogens is 254 g/mol. The molecule has 0 saturated heterocycles. The molecule has 1 rings (SSSR count). The summed E-state index contributed by atoms with van der Waals surface area (Å²) in [5.41, 5.74) is 0.720. The summed E-state index contributed by atoms with van der Waals surface area (Å²) in [7, 11) is 1.36. The number of carbonyl (C=O) groups excluding carboxylic acids is 2. The van der Waals surface area contributed by atoms with Crippen molar-refractivity contribution < 1.29 is 14.3 Å². The molecule has 98 valence electrons. The number of methoxy groups -OCH3 is 1. The second kappa shape index (κ2) is 7.71. The maximum absolute atomic E-state index is 11.6. The summed E-state index contributed by atoms with van der Waals surface area (Å²) in [5.74, 6) is -0.310. The topological polar surface area (TPSA) is 55.4 Å². The molecular formula is C13H16ClNO3. The molecule has 0 aromatic heterocycles. The fourth-order valence-corrected chi connectivity index (χ4v) is 1.54. The average Bonchev–Trinajstić information content (AvgIpc) is 2.37. The third-order valence-corrected chi connectivity index (χ3v) is 2.64. The van der Waals surface area contributed by atoms with Crippen LogP contribution in [0.15, 0.2) is 24.3 Å². The van der Waals surface area contributed by atoms with Crippen LogP contribution >= 0.6 is 11.6 Å². The van der Waals surface area contributed by atoms with Crippen molar-refractivity contribution in [1.82, 2.24) is 0 Å². The van der Waals surface area contributed by atoms with Crippen molar-refractivity contribution in [3.8, 4) is 0 Å². The van der Waals surface area contributed by atoms with E-state index in [1.54, 1.807) is 24.3 Å². The van der Waals surface area contributed by atoms with Gasteiger partial charge in [0.05, 0.1) is 7.11 Å². The minimum atomic E-state index is -0.242. The summed E-state index contributed by atoms with van der Waals surface area (Å²) < 4.78 is 4.51. The zero-order valence-electron chi connectivity index (χ0n) is 10.2. The highest BCUT2D eigenvalue weighted by atomic mass is 35.5. The van der Waals surface area contributed by atoms with Gasteiger partial charge in [-0.25, -0.2) is 0 Å². The van der Waals surface area contributed by atoms with Gasteiger partial charge in [-0.2, -0.15) is 0 Å². The van der Waals surface area contributed by atoms with Crippen LogP contribution in [0, 0.1) is 0 Å². The Morgan fingerprint density at radius 3 is 2.39 bits per heavy atom. The van der Waals surface area contributed by atoms with Crippen molar-refractivity contribution in [2.75, 3.05) is 12.4 Å². The lowest BCUT2D eigenvalue weighted by atomic mass is 10.2. The third kappa shape index (κ3) is 5.68. The van der Waals surface area contributed by atoms with Crippen molar-refractivity contribution in [1.29, 1.82) is 0 Å². The van der Waals surface area contributed by atoms with Crippen molar-refractivity contribution in [3.05, 3.63) is 29.3 Å². The fraction of sp³-hybridized carbons (Fsp3) is 0.385. The Bertz CT molecular complexity index is 403. The van der Waals surface area contributed by atoms with Gasteiger partial charge in [0.15, 0.2) is 0 Å². The quantitative estimate of drug-likeness (QED) is 0.638. The number of ether oxygens (including phenoxy) is 1. The highest BCUT2D eigenvalue weighted by Crippen LogP contribution is 2.14. The van der Waals surface area contributed by atoms with Crippen LogP contribution in [0.4, 0.5) is 5.69 Å². The number of amides is 1. The molecule has 1 amide bonds. The molecule has 0 atom stereocenters. The number of hydrogen-bond donors (Lipinski definition) is 1. The number of rotatable bonds is 6. The van der Waals surface area contributed by atoms with Gasteiger partial charge in [-0.3, -0.25) is 9.59 Å². The van der Waals surface area contributed by atoms with Gasteiger partial charge in [0.1, 0.15) is 0 Å². The molecule has 18 heavy (non-hydrogen) atoms. The Morgan fingerprint density at radius 1 is 1.17 bits per heavy atom. The number of nitrogens with one attached hydrogen (secondary N) is 1. The first kappa shape index (κ1) is 14.5. The van der Waals surface area contributed by atoms with Crippen LogP contribution < -0.4 is 5.32 Å². The molecule has 0 bridgehead atoms. The molecule has 0 heterocycles. The Morgan fingerprint density at radius 2 is 1.78 bits per heavy atom. The van der Waals surface area contributed by atoms with Crippen molar-refractivity contribution in [2.45, 2.75) is 25.7 Å². The van der Waals surface area contributed by atoms with Crippen LogP contribution in [0.3, 0.4) is 0 Å². The molecule has 0 unspecified atom stereocenters. The average molecular weight is 270 g/mol. The van der Waals surface area contributed by atoms with E-state index in [0.29, 0.717) is 30.7 Å². The van der Waals surface area contributed by atoms with E-state index in [4.69, 9.17) is 11.6 Å². The summed E-state index contributed by atoms with van der Waals surface area (Å²) in [5, 5.41) is 3.39. The maximum Gasteiger partial charge on any atom is 0.305 e. The van der Waals surface area contributed by atoms with E-state index in [2.05, 4.69) is 10.1 Å². The summed E-state index contributed by atoms with van der Waals surface area (Å²) in [6, 6.07) is 6.92. The molecule has 0 spiro atoms. The van der Waals surface area contributed by atoms with Crippen LogP contribution in [-0.4, -0.2) is 19.0 Å². The summed E-state index contributed by atoms with van der Waals surface area (Å²) in [6.45, 7) is 0. The Balaban J connectivity index is 2.21. The summed E-state index contributed by atoms with van der Waals surface area (Å²) in [6.07, 6.45) is 2.06. The van der Waals surface area contributed by atoms with Crippen LogP contribution in [-0.2, 0) is 14.3 Å². The zero-order valence-corrected chi connectivity index (χ0v) is 11.0. The molecule has 1 N–H and O–H groups in total. The van der Waals surface area contributed by atoms with Crippen LogP contribution in [0.2, 0.25) is 5.02 Å². The molecule has 0 aliphatic carbocycles. The lowest BCUT2D eigenvalue weighted by molar-refractivity contribution is -0.140. The maximum atomic E-state index is 11.6. The van der Waals surface area contributed by atoms with Crippen LogP contribution in [0.25, 0.3) is 0 Å². The molecule has 0 aliphatic rings. The summed E-state index contributed by atoms with van der Waals surface area (Å²) in [4.78, 5) is 22.4. The molecule has 0 saturated carbocycles. The first-order valence-electron chi connectivity index (χ1n) is 5.74. The minimum absolute atomic E-state index is 0.0674. The second-order valence-electron chi connectivity index (χ2n) is 3.84. The van der Waals surface area contributed by atoms with E-state index in [-0.39, 0.29) is 11.9 Å². The van der Waals surface area contributed by atoms with Gasteiger partial charge in [-0.05, 0) is 37.1 Å². The van der Waals surface area contributed by atoms with Gasteiger partial charge in [0.25, 0.3) is 0 Å². The zero-order chi connectivity index (χ0) is 13.4. The Hall–Kier alpha value is -1.55. The monoisotopic (exact) mass is 269 g/mol. The number of halogens is 1. The minimum Gasteiger partial charge on any atom is -0.469 e. The Kier molecular flexibility index (Phi) is 6.22. The van der Waals surface area contributed by atoms with Crippen LogP contribution in [0.1, 0.15) is 25.7 Å². The lowest BCUT2D eigenvalue weighted by Gasteiger charge is -2.05. The predicted octanol–water partition coefficient (Wildman–Crippen LogP) is 3.01. The lowest BCUT2D eigenvalue weighted by Crippen LogP contribution is -2.11. The standard InChI is InChI=1S/C13H16ClNO3/c1-18-13(17)5-3-2-4-12(16)15-11-8-6-10(14)7-9-11/h6-9H,2-5H2,1H3,(H,15,16). The Labute approximate surface area is 111 Å². The SMILES string of the molecule is COC(=O)CCCCC(=O)Nc1ccc(Cl)cc1. The normalized spacial score (nSPS) is 9.89. The first-order valence-corrected chi connectivity index (χ1v) is 6.12. The van der Waals surface area contributed by atoms with E-state index in [1.807, 2.05) is 0 Å². The first-order chi connectivity index (χ1) is 8.61. The van der Waals surface area contributed by atoms with Crippen LogP contribution in [0.5, 0.6) is 0 Å². The van der Waals surface area contributed by atoms with Gasteiger partial charge in [-0.1, -0.05) is 11.6 Å². The second-order valence-corrected chi connectivity index (χ2v) is 4.27.